The summed E-state index contributed by atoms with van der Waals surface area (Å²) >= 11 is 0. The second-order valence-electron chi connectivity index (χ2n) is 5.43. The number of rotatable bonds is 6. The number of amides is 1. The smallest absolute Gasteiger partial charge is 0.226 e. The Morgan fingerprint density at radius 1 is 1.29 bits per heavy atom. The lowest BCUT2D eigenvalue weighted by molar-refractivity contribution is -0.129. The van der Waals surface area contributed by atoms with Crippen LogP contribution < -0.4 is 10.1 Å². The molecule has 0 aliphatic carbocycles. The molecule has 1 saturated heterocycles. The van der Waals surface area contributed by atoms with Crippen molar-refractivity contribution in [2.24, 2.45) is 0 Å². The van der Waals surface area contributed by atoms with E-state index in [4.69, 9.17) is 4.74 Å². The third-order valence-corrected chi connectivity index (χ3v) is 3.90. The summed E-state index contributed by atoms with van der Waals surface area (Å²) in [6, 6.07) is 7.68. The van der Waals surface area contributed by atoms with Crippen LogP contribution in [0.3, 0.4) is 0 Å². The maximum atomic E-state index is 12.2. The van der Waals surface area contributed by atoms with E-state index < -0.39 is 0 Å². The van der Waals surface area contributed by atoms with Crippen LogP contribution in [0.15, 0.2) is 24.3 Å². The summed E-state index contributed by atoms with van der Waals surface area (Å²) in [6.07, 6.45) is 0.446. The molecule has 0 spiro atoms. The van der Waals surface area contributed by atoms with Gasteiger partial charge < -0.3 is 15.0 Å². The lowest BCUT2D eigenvalue weighted by atomic mass is 10.1. The van der Waals surface area contributed by atoms with Crippen LogP contribution in [0.2, 0.25) is 0 Å². The minimum Gasteiger partial charge on any atom is -0.497 e. The SMILES string of the molecule is COc1ccc(CC(=O)N(C)CCN2CCNCC2)cc1. The highest BCUT2D eigenvalue weighted by Crippen LogP contribution is 2.12. The first-order valence-corrected chi connectivity index (χ1v) is 7.49. The maximum absolute atomic E-state index is 12.2. The topological polar surface area (TPSA) is 44.8 Å². The molecule has 1 amide bonds. The quantitative estimate of drug-likeness (QED) is 0.834. The zero-order valence-corrected chi connectivity index (χ0v) is 13.0. The Labute approximate surface area is 126 Å². The lowest BCUT2D eigenvalue weighted by Crippen LogP contribution is -2.46. The van der Waals surface area contributed by atoms with Crippen LogP contribution in [0.1, 0.15) is 5.56 Å². The summed E-state index contributed by atoms with van der Waals surface area (Å²) in [6.45, 7) is 5.97. The van der Waals surface area contributed by atoms with Gasteiger partial charge in [-0.2, -0.15) is 0 Å². The third-order valence-electron chi connectivity index (χ3n) is 3.90. The predicted molar refractivity (Wildman–Crippen MR) is 83.6 cm³/mol. The number of nitrogens with one attached hydrogen (secondary N) is 1. The van der Waals surface area contributed by atoms with Gasteiger partial charge in [-0.05, 0) is 17.7 Å². The summed E-state index contributed by atoms with van der Waals surface area (Å²) in [4.78, 5) is 16.4. The number of benzene rings is 1. The van der Waals surface area contributed by atoms with Gasteiger partial charge in [0.25, 0.3) is 0 Å². The summed E-state index contributed by atoms with van der Waals surface area (Å²) in [7, 11) is 3.53. The van der Waals surface area contributed by atoms with Crippen LogP contribution in [0.25, 0.3) is 0 Å². The zero-order valence-electron chi connectivity index (χ0n) is 13.0. The van der Waals surface area contributed by atoms with Crippen molar-refractivity contribution < 1.29 is 9.53 Å². The number of hydrogen-bond donors (Lipinski definition) is 1. The van der Waals surface area contributed by atoms with Crippen molar-refractivity contribution >= 4 is 5.91 Å². The Balaban J connectivity index is 1.75. The first-order valence-electron chi connectivity index (χ1n) is 7.49. The largest absolute Gasteiger partial charge is 0.497 e. The van der Waals surface area contributed by atoms with Crippen molar-refractivity contribution in [2.45, 2.75) is 6.42 Å². The van der Waals surface area contributed by atoms with E-state index in [9.17, 15) is 4.79 Å². The molecule has 0 radical (unpaired) electrons. The molecule has 1 aromatic carbocycles. The number of carbonyl (C=O) groups is 1. The highest BCUT2D eigenvalue weighted by atomic mass is 16.5. The summed E-state index contributed by atoms with van der Waals surface area (Å²) in [5, 5.41) is 3.33. The number of methoxy groups -OCH3 is 1. The fourth-order valence-corrected chi connectivity index (χ4v) is 2.40. The van der Waals surface area contributed by atoms with Crippen LogP contribution >= 0.6 is 0 Å². The molecule has 5 nitrogen and oxygen atoms in total. The lowest BCUT2D eigenvalue weighted by Gasteiger charge is -2.29. The molecule has 1 fully saturated rings. The molecule has 0 aromatic heterocycles. The predicted octanol–water partition coefficient (Wildman–Crippen LogP) is 0.601. The summed E-state index contributed by atoms with van der Waals surface area (Å²) in [5.74, 6) is 0.980. The van der Waals surface area contributed by atoms with Crippen LogP contribution in [-0.4, -0.2) is 69.1 Å². The number of nitrogens with zero attached hydrogens (tertiary/aromatic N) is 2. The molecule has 0 saturated carbocycles. The van der Waals surface area contributed by atoms with E-state index in [1.54, 1.807) is 7.11 Å². The Bertz CT molecular complexity index is 441. The van der Waals surface area contributed by atoms with Gasteiger partial charge >= 0.3 is 0 Å². The van der Waals surface area contributed by atoms with E-state index in [1.807, 2.05) is 36.2 Å². The highest BCUT2D eigenvalue weighted by Gasteiger charge is 2.13. The average Bonchev–Trinajstić information content (AvgIpc) is 2.54. The van der Waals surface area contributed by atoms with Gasteiger partial charge in [-0.3, -0.25) is 9.69 Å². The van der Waals surface area contributed by atoms with Gasteiger partial charge in [-0.25, -0.2) is 0 Å². The molecule has 21 heavy (non-hydrogen) atoms. The molecule has 2 rings (SSSR count). The summed E-state index contributed by atoms with van der Waals surface area (Å²) < 4.78 is 5.12. The Hall–Kier alpha value is -1.59. The van der Waals surface area contributed by atoms with Crippen LogP contribution in [0.4, 0.5) is 0 Å². The van der Waals surface area contributed by atoms with Crippen molar-refractivity contribution in [1.82, 2.24) is 15.1 Å². The van der Waals surface area contributed by atoms with E-state index in [1.165, 1.54) is 0 Å². The minimum absolute atomic E-state index is 0.162. The molecular weight excluding hydrogens is 266 g/mol. The van der Waals surface area contributed by atoms with Gasteiger partial charge in [-0.1, -0.05) is 12.1 Å². The molecule has 0 atom stereocenters. The monoisotopic (exact) mass is 291 g/mol. The van der Waals surface area contributed by atoms with Crippen molar-refractivity contribution in [3.05, 3.63) is 29.8 Å². The van der Waals surface area contributed by atoms with Crippen LogP contribution in [0, 0.1) is 0 Å². The molecule has 1 aromatic rings. The fraction of sp³-hybridized carbons (Fsp3) is 0.562. The van der Waals surface area contributed by atoms with Crippen molar-refractivity contribution in [2.75, 3.05) is 53.4 Å². The normalized spacial score (nSPS) is 15.7. The molecule has 116 valence electrons. The van der Waals surface area contributed by atoms with E-state index in [-0.39, 0.29) is 5.91 Å². The number of carbonyl (C=O) groups excluding carboxylic acids is 1. The standard InChI is InChI=1S/C16H25N3O2/c1-18(11-12-19-9-7-17-8-10-19)16(20)13-14-3-5-15(21-2)6-4-14/h3-6,17H,7-13H2,1-2H3. The van der Waals surface area contributed by atoms with Crippen molar-refractivity contribution in [3.63, 3.8) is 0 Å². The van der Waals surface area contributed by atoms with E-state index in [0.717, 1.165) is 50.6 Å². The molecule has 1 heterocycles. The average molecular weight is 291 g/mol. The molecule has 5 heteroatoms. The number of piperazine rings is 1. The van der Waals surface area contributed by atoms with Crippen molar-refractivity contribution in [3.8, 4) is 5.75 Å². The molecule has 0 bridgehead atoms. The van der Waals surface area contributed by atoms with Gasteiger partial charge in [0.2, 0.25) is 5.91 Å². The van der Waals surface area contributed by atoms with Crippen LogP contribution in [0.5, 0.6) is 5.75 Å². The minimum atomic E-state index is 0.162. The van der Waals surface area contributed by atoms with E-state index in [0.29, 0.717) is 6.42 Å². The third kappa shape index (κ3) is 5.02. The van der Waals surface area contributed by atoms with Crippen LogP contribution in [-0.2, 0) is 11.2 Å². The Kier molecular flexibility index (Phi) is 6.02. The number of hydrogen-bond acceptors (Lipinski definition) is 4. The Morgan fingerprint density at radius 2 is 1.95 bits per heavy atom. The fourth-order valence-electron chi connectivity index (χ4n) is 2.40. The number of ether oxygens (including phenoxy) is 1. The van der Waals surface area contributed by atoms with Crippen molar-refractivity contribution in [1.29, 1.82) is 0 Å². The molecule has 1 aliphatic rings. The van der Waals surface area contributed by atoms with Gasteiger partial charge in [0.15, 0.2) is 0 Å². The van der Waals surface area contributed by atoms with Gasteiger partial charge in [0.05, 0.1) is 13.5 Å². The molecule has 0 unspecified atom stereocenters. The first-order chi connectivity index (χ1) is 10.2. The van der Waals surface area contributed by atoms with E-state index >= 15 is 0 Å². The highest BCUT2D eigenvalue weighted by molar-refractivity contribution is 5.78. The van der Waals surface area contributed by atoms with E-state index in [2.05, 4.69) is 10.2 Å². The maximum Gasteiger partial charge on any atom is 0.226 e. The van der Waals surface area contributed by atoms with Gasteiger partial charge in [0, 0.05) is 46.3 Å². The number of likely N-dealkylation sites (N-methyl/N-ethyl adjacent to an activating group) is 1. The zero-order chi connectivity index (χ0) is 15.1. The molecule has 1 N–H and O–H groups in total. The molecule has 1 aliphatic heterocycles. The Morgan fingerprint density at radius 3 is 2.57 bits per heavy atom. The second-order valence-corrected chi connectivity index (χ2v) is 5.43. The van der Waals surface area contributed by atoms with Gasteiger partial charge in [-0.15, -0.1) is 0 Å². The summed E-state index contributed by atoms with van der Waals surface area (Å²) in [5.41, 5.74) is 1.02. The van der Waals surface area contributed by atoms with Gasteiger partial charge in [0.1, 0.15) is 5.75 Å². The first kappa shape index (κ1) is 15.8. The molecular formula is C16H25N3O2. The second kappa shape index (κ2) is 8.00.